The van der Waals surface area contributed by atoms with Crippen molar-refractivity contribution < 1.29 is 18.7 Å². The van der Waals surface area contributed by atoms with Crippen LogP contribution in [0.5, 0.6) is 0 Å². The number of amides is 1. The molecule has 90 valence electrons. The van der Waals surface area contributed by atoms with Crippen LogP contribution in [0.1, 0.15) is 10.5 Å². The van der Waals surface area contributed by atoms with Crippen LogP contribution in [-0.2, 0) is 6.54 Å². The summed E-state index contributed by atoms with van der Waals surface area (Å²) in [5.41, 5.74) is 5.35. The van der Waals surface area contributed by atoms with Gasteiger partial charge >= 0.3 is 0 Å². The van der Waals surface area contributed by atoms with Crippen molar-refractivity contribution in [1.82, 2.24) is 15.1 Å². The largest absolute Gasteiger partial charge is 0.396 e. The molecule has 1 aromatic heterocycles. The molecule has 0 spiro atoms. The minimum absolute atomic E-state index is 0.0242. The molecule has 0 fully saturated rings. The van der Waals surface area contributed by atoms with Gasteiger partial charge in [0.2, 0.25) is 0 Å². The minimum Gasteiger partial charge on any atom is -0.396 e. The lowest BCUT2D eigenvalue weighted by Gasteiger charge is -2.00. The summed E-state index contributed by atoms with van der Waals surface area (Å²) in [7, 11) is 0. The number of aliphatic hydroxyl groups excluding tert-OH is 1. The highest BCUT2D eigenvalue weighted by Gasteiger charge is 2.15. The van der Waals surface area contributed by atoms with Crippen LogP contribution in [0.15, 0.2) is 6.20 Å². The van der Waals surface area contributed by atoms with Gasteiger partial charge in [-0.2, -0.15) is 5.10 Å². The summed E-state index contributed by atoms with van der Waals surface area (Å²) in [5.74, 6) is -0.598. The quantitative estimate of drug-likeness (QED) is 0.637. The van der Waals surface area contributed by atoms with Gasteiger partial charge in [-0.25, -0.2) is 8.78 Å². The summed E-state index contributed by atoms with van der Waals surface area (Å²) in [6.07, 6.45) is -1.40. The van der Waals surface area contributed by atoms with Crippen LogP contribution in [0.3, 0.4) is 0 Å². The maximum absolute atomic E-state index is 12.0. The van der Waals surface area contributed by atoms with Crippen molar-refractivity contribution in [2.75, 3.05) is 18.9 Å². The molecule has 1 heterocycles. The fourth-order valence-electron chi connectivity index (χ4n) is 1.10. The van der Waals surface area contributed by atoms with Crippen molar-refractivity contribution in [3.05, 3.63) is 11.9 Å². The Morgan fingerprint density at radius 3 is 2.94 bits per heavy atom. The lowest BCUT2D eigenvalue weighted by Crippen LogP contribution is -2.27. The fraction of sp³-hybridized carbons (Fsp3) is 0.500. The van der Waals surface area contributed by atoms with E-state index in [2.05, 4.69) is 10.4 Å². The lowest BCUT2D eigenvalue weighted by atomic mass is 10.3. The standard InChI is InChI=1S/C8H12F2N4O2/c9-6(10)4-14-3-5(11)7(13-14)8(16)12-1-2-15/h3,6,15H,1-2,4,11H2,(H,12,16). The van der Waals surface area contributed by atoms with Crippen LogP contribution >= 0.6 is 0 Å². The summed E-state index contributed by atoms with van der Waals surface area (Å²) < 4.78 is 25.0. The SMILES string of the molecule is Nc1cn(CC(F)F)nc1C(=O)NCCO. The first-order valence-electron chi connectivity index (χ1n) is 4.54. The first-order chi connectivity index (χ1) is 7.54. The average Bonchev–Trinajstić information content (AvgIpc) is 2.54. The predicted molar refractivity (Wildman–Crippen MR) is 52.1 cm³/mol. The molecule has 0 saturated carbocycles. The maximum atomic E-state index is 12.0. The van der Waals surface area contributed by atoms with E-state index in [9.17, 15) is 13.6 Å². The molecule has 16 heavy (non-hydrogen) atoms. The molecule has 8 heteroatoms. The molecular formula is C8H12F2N4O2. The number of hydrogen-bond acceptors (Lipinski definition) is 4. The molecule has 1 rings (SSSR count). The highest BCUT2D eigenvalue weighted by atomic mass is 19.3. The number of halogens is 2. The zero-order valence-electron chi connectivity index (χ0n) is 8.36. The molecule has 1 amide bonds. The van der Waals surface area contributed by atoms with Gasteiger partial charge in [0.05, 0.1) is 12.3 Å². The third-order valence-corrected chi connectivity index (χ3v) is 1.73. The number of aliphatic hydroxyl groups is 1. The van der Waals surface area contributed by atoms with Crippen molar-refractivity contribution in [2.24, 2.45) is 0 Å². The van der Waals surface area contributed by atoms with Crippen LogP contribution in [0, 0.1) is 0 Å². The molecule has 0 aliphatic rings. The molecule has 0 bridgehead atoms. The Kier molecular flexibility index (Phi) is 4.18. The van der Waals surface area contributed by atoms with E-state index >= 15 is 0 Å². The van der Waals surface area contributed by atoms with Crippen molar-refractivity contribution in [2.45, 2.75) is 13.0 Å². The lowest BCUT2D eigenvalue weighted by molar-refractivity contribution is 0.0935. The normalized spacial score (nSPS) is 10.8. The molecule has 0 atom stereocenters. The summed E-state index contributed by atoms with van der Waals surface area (Å²) >= 11 is 0. The summed E-state index contributed by atoms with van der Waals surface area (Å²) in [4.78, 5) is 11.4. The van der Waals surface area contributed by atoms with Crippen molar-refractivity contribution in [3.63, 3.8) is 0 Å². The third kappa shape index (κ3) is 3.16. The van der Waals surface area contributed by atoms with E-state index < -0.39 is 18.9 Å². The van der Waals surface area contributed by atoms with E-state index in [1.807, 2.05) is 0 Å². The molecule has 0 aromatic carbocycles. The zero-order valence-corrected chi connectivity index (χ0v) is 8.36. The van der Waals surface area contributed by atoms with Crippen LogP contribution in [-0.4, -0.2) is 40.4 Å². The average molecular weight is 234 g/mol. The first kappa shape index (κ1) is 12.4. The molecule has 0 saturated heterocycles. The zero-order chi connectivity index (χ0) is 12.1. The topological polar surface area (TPSA) is 93.2 Å². The Balaban J connectivity index is 2.73. The summed E-state index contributed by atoms with van der Waals surface area (Å²) in [6, 6.07) is 0. The Bertz CT molecular complexity index is 367. The number of hydrogen-bond donors (Lipinski definition) is 3. The van der Waals surface area contributed by atoms with E-state index in [4.69, 9.17) is 10.8 Å². The minimum atomic E-state index is -2.56. The Hall–Kier alpha value is -1.70. The second kappa shape index (κ2) is 5.40. The van der Waals surface area contributed by atoms with E-state index in [0.29, 0.717) is 0 Å². The third-order valence-electron chi connectivity index (χ3n) is 1.73. The number of carbonyl (C=O) groups is 1. The Labute approximate surface area is 90.0 Å². The van der Waals surface area contributed by atoms with Gasteiger partial charge in [0.15, 0.2) is 5.69 Å². The van der Waals surface area contributed by atoms with E-state index in [0.717, 1.165) is 4.68 Å². The van der Waals surface area contributed by atoms with Crippen LogP contribution in [0.2, 0.25) is 0 Å². The Morgan fingerprint density at radius 1 is 1.69 bits per heavy atom. The van der Waals surface area contributed by atoms with Gasteiger partial charge in [-0.1, -0.05) is 0 Å². The number of carbonyl (C=O) groups excluding carboxylic acids is 1. The van der Waals surface area contributed by atoms with E-state index in [-0.39, 0.29) is 24.5 Å². The fourth-order valence-corrected chi connectivity index (χ4v) is 1.10. The van der Waals surface area contributed by atoms with E-state index in [1.54, 1.807) is 0 Å². The molecule has 1 aromatic rings. The van der Waals surface area contributed by atoms with Gasteiger partial charge in [0, 0.05) is 12.7 Å². The van der Waals surface area contributed by atoms with Gasteiger partial charge in [0.1, 0.15) is 6.54 Å². The van der Waals surface area contributed by atoms with E-state index in [1.165, 1.54) is 6.20 Å². The van der Waals surface area contributed by atoms with Crippen molar-refractivity contribution in [1.29, 1.82) is 0 Å². The number of nitrogens with zero attached hydrogens (tertiary/aromatic N) is 2. The monoisotopic (exact) mass is 234 g/mol. The number of alkyl halides is 2. The number of aromatic nitrogens is 2. The smallest absolute Gasteiger partial charge is 0.274 e. The molecule has 6 nitrogen and oxygen atoms in total. The maximum Gasteiger partial charge on any atom is 0.274 e. The molecule has 0 aliphatic carbocycles. The first-order valence-corrected chi connectivity index (χ1v) is 4.54. The van der Waals surface area contributed by atoms with Crippen LogP contribution in [0.4, 0.5) is 14.5 Å². The van der Waals surface area contributed by atoms with Crippen molar-refractivity contribution >= 4 is 11.6 Å². The summed E-state index contributed by atoms with van der Waals surface area (Å²) in [5, 5.41) is 14.4. The summed E-state index contributed by atoms with van der Waals surface area (Å²) in [6.45, 7) is -0.777. The predicted octanol–water partition coefficient (Wildman–Crippen LogP) is -0.547. The highest BCUT2D eigenvalue weighted by Crippen LogP contribution is 2.10. The molecule has 0 aliphatic heterocycles. The van der Waals surface area contributed by atoms with Crippen LogP contribution < -0.4 is 11.1 Å². The number of nitrogen functional groups attached to an aromatic ring is 1. The molecule has 0 radical (unpaired) electrons. The second-order valence-electron chi connectivity index (χ2n) is 3.03. The number of rotatable bonds is 5. The van der Waals surface area contributed by atoms with Gasteiger partial charge < -0.3 is 16.2 Å². The number of nitrogens with two attached hydrogens (primary N) is 1. The molecule has 0 unspecified atom stereocenters. The number of anilines is 1. The molecular weight excluding hydrogens is 222 g/mol. The van der Waals surface area contributed by atoms with Gasteiger partial charge in [0.25, 0.3) is 12.3 Å². The van der Waals surface area contributed by atoms with Gasteiger partial charge in [-0.15, -0.1) is 0 Å². The van der Waals surface area contributed by atoms with Gasteiger partial charge in [-0.05, 0) is 0 Å². The van der Waals surface area contributed by atoms with Crippen LogP contribution in [0.25, 0.3) is 0 Å². The second-order valence-corrected chi connectivity index (χ2v) is 3.03. The van der Waals surface area contributed by atoms with Gasteiger partial charge in [-0.3, -0.25) is 9.48 Å². The Morgan fingerprint density at radius 2 is 2.38 bits per heavy atom. The number of nitrogens with one attached hydrogen (secondary N) is 1. The molecule has 4 N–H and O–H groups in total. The highest BCUT2D eigenvalue weighted by molar-refractivity contribution is 5.96. The van der Waals surface area contributed by atoms with Crippen molar-refractivity contribution in [3.8, 4) is 0 Å².